The van der Waals surface area contributed by atoms with E-state index in [-0.39, 0.29) is 5.91 Å². The summed E-state index contributed by atoms with van der Waals surface area (Å²) in [6.07, 6.45) is 4.52. The van der Waals surface area contributed by atoms with Gasteiger partial charge in [0.05, 0.1) is 0 Å². The van der Waals surface area contributed by atoms with E-state index < -0.39 is 0 Å². The van der Waals surface area contributed by atoms with Crippen LogP contribution in [0.2, 0.25) is 0 Å². The molecule has 110 valence electrons. The number of pyridine rings is 1. The normalized spacial score (nSPS) is 17.1. The average molecular weight is 276 g/mol. The molecule has 0 saturated carbocycles. The molecule has 20 heavy (non-hydrogen) atoms. The predicted octanol–water partition coefficient (Wildman–Crippen LogP) is 1.60. The number of carbonyl (C=O) groups is 1. The molecule has 1 fully saturated rings. The Bertz CT molecular complexity index is 441. The van der Waals surface area contributed by atoms with Crippen LogP contribution < -0.4 is 11.1 Å². The summed E-state index contributed by atoms with van der Waals surface area (Å²) in [6, 6.07) is 4.18. The number of carbonyl (C=O) groups excluding carboxylic acids is 1. The predicted molar refractivity (Wildman–Crippen MR) is 80.2 cm³/mol. The Balaban J connectivity index is 1.83. The first-order valence-corrected chi connectivity index (χ1v) is 7.37. The number of piperidine rings is 1. The molecule has 1 saturated heterocycles. The van der Waals surface area contributed by atoms with E-state index in [0.717, 1.165) is 44.8 Å². The number of likely N-dealkylation sites (tertiary alicyclic amines) is 1. The second kappa shape index (κ2) is 7.24. The van der Waals surface area contributed by atoms with E-state index in [1.807, 2.05) is 6.20 Å². The summed E-state index contributed by atoms with van der Waals surface area (Å²) in [4.78, 5) is 17.7. The summed E-state index contributed by atoms with van der Waals surface area (Å²) in [5.41, 5.74) is 6.54. The van der Waals surface area contributed by atoms with Crippen molar-refractivity contribution in [1.82, 2.24) is 9.88 Å². The Morgan fingerprint density at radius 2 is 2.25 bits per heavy atom. The zero-order valence-corrected chi connectivity index (χ0v) is 12.1. The number of hydrogen-bond acceptors (Lipinski definition) is 4. The summed E-state index contributed by atoms with van der Waals surface area (Å²) >= 11 is 0. The number of nitrogens with one attached hydrogen (secondary N) is 1. The topological polar surface area (TPSA) is 71.2 Å². The van der Waals surface area contributed by atoms with Crippen molar-refractivity contribution in [2.24, 2.45) is 11.7 Å². The molecule has 5 nitrogen and oxygen atoms in total. The van der Waals surface area contributed by atoms with Gasteiger partial charge in [0.25, 0.3) is 0 Å². The van der Waals surface area contributed by atoms with Gasteiger partial charge < -0.3 is 11.1 Å². The molecular weight excluding hydrogens is 252 g/mol. The van der Waals surface area contributed by atoms with E-state index in [4.69, 9.17) is 5.73 Å². The third-order valence-electron chi connectivity index (χ3n) is 3.79. The quantitative estimate of drug-likeness (QED) is 0.828. The Labute approximate surface area is 120 Å². The zero-order chi connectivity index (χ0) is 14.4. The van der Waals surface area contributed by atoms with Crippen molar-refractivity contribution in [3.05, 3.63) is 23.9 Å². The third kappa shape index (κ3) is 4.49. The smallest absolute Gasteiger partial charge is 0.217 e. The molecule has 1 aliphatic rings. The highest BCUT2D eigenvalue weighted by Gasteiger charge is 2.20. The lowest BCUT2D eigenvalue weighted by Gasteiger charge is -2.31. The molecule has 2 rings (SSSR count). The maximum absolute atomic E-state index is 10.9. The second-order valence-electron chi connectivity index (χ2n) is 5.47. The zero-order valence-electron chi connectivity index (χ0n) is 12.1. The summed E-state index contributed by atoms with van der Waals surface area (Å²) in [6.45, 7) is 5.98. The first-order chi connectivity index (χ1) is 9.67. The van der Waals surface area contributed by atoms with Crippen LogP contribution in [0.25, 0.3) is 0 Å². The minimum atomic E-state index is -0.173. The molecule has 5 heteroatoms. The van der Waals surface area contributed by atoms with Crippen molar-refractivity contribution < 1.29 is 4.79 Å². The Hall–Kier alpha value is -1.62. The van der Waals surface area contributed by atoms with Crippen LogP contribution in [0.3, 0.4) is 0 Å². The fourth-order valence-corrected chi connectivity index (χ4v) is 2.74. The van der Waals surface area contributed by atoms with Crippen molar-refractivity contribution in [2.75, 3.05) is 25.0 Å². The molecule has 0 unspecified atom stereocenters. The van der Waals surface area contributed by atoms with Gasteiger partial charge in [-0.2, -0.15) is 0 Å². The van der Waals surface area contributed by atoms with Gasteiger partial charge in [0.1, 0.15) is 5.82 Å². The van der Waals surface area contributed by atoms with Crippen LogP contribution in [-0.4, -0.2) is 35.4 Å². The molecule has 1 aromatic heterocycles. The SMILES string of the molecule is CCNc1cc(CN2CCC(CC(N)=O)CC2)ccn1. The molecule has 1 aliphatic heterocycles. The second-order valence-corrected chi connectivity index (χ2v) is 5.47. The van der Waals surface area contributed by atoms with Crippen LogP contribution in [0.4, 0.5) is 5.82 Å². The number of rotatable bonds is 6. The van der Waals surface area contributed by atoms with Crippen molar-refractivity contribution in [2.45, 2.75) is 32.7 Å². The number of anilines is 1. The number of amides is 1. The van der Waals surface area contributed by atoms with E-state index >= 15 is 0 Å². The number of aromatic nitrogens is 1. The number of nitrogens with zero attached hydrogens (tertiary/aromatic N) is 2. The highest BCUT2D eigenvalue weighted by molar-refractivity contribution is 5.73. The molecule has 0 radical (unpaired) electrons. The first-order valence-electron chi connectivity index (χ1n) is 7.37. The number of nitrogens with two attached hydrogens (primary N) is 1. The lowest BCUT2D eigenvalue weighted by molar-refractivity contribution is -0.119. The standard InChI is InChI=1S/C15H24N4O/c1-2-17-15-10-13(3-6-18-15)11-19-7-4-12(5-8-19)9-14(16)20/h3,6,10,12H,2,4-5,7-9,11H2,1H3,(H2,16,20)(H,17,18). The molecule has 3 N–H and O–H groups in total. The summed E-state index contributed by atoms with van der Waals surface area (Å²) in [5, 5.41) is 3.23. The van der Waals surface area contributed by atoms with Crippen molar-refractivity contribution in [3.8, 4) is 0 Å². The van der Waals surface area contributed by atoms with Crippen LogP contribution in [0, 0.1) is 5.92 Å². The Kier molecular flexibility index (Phi) is 5.35. The minimum Gasteiger partial charge on any atom is -0.370 e. The fourth-order valence-electron chi connectivity index (χ4n) is 2.74. The summed E-state index contributed by atoms with van der Waals surface area (Å²) in [5.74, 6) is 1.24. The maximum Gasteiger partial charge on any atom is 0.217 e. The average Bonchev–Trinajstić information content (AvgIpc) is 2.41. The van der Waals surface area contributed by atoms with Gasteiger partial charge in [-0.25, -0.2) is 4.98 Å². The molecule has 2 heterocycles. The van der Waals surface area contributed by atoms with Gasteiger partial charge in [-0.15, -0.1) is 0 Å². The lowest BCUT2D eigenvalue weighted by atomic mass is 9.93. The van der Waals surface area contributed by atoms with Crippen molar-refractivity contribution >= 4 is 11.7 Å². The molecule has 1 amide bonds. The van der Waals surface area contributed by atoms with Gasteiger partial charge in [0.2, 0.25) is 5.91 Å². The maximum atomic E-state index is 10.9. The van der Waals surface area contributed by atoms with E-state index in [1.165, 1.54) is 5.56 Å². The van der Waals surface area contributed by atoms with Crippen LogP contribution in [0.1, 0.15) is 31.7 Å². The van der Waals surface area contributed by atoms with Gasteiger partial charge in [0.15, 0.2) is 0 Å². The minimum absolute atomic E-state index is 0.173. The Morgan fingerprint density at radius 1 is 1.50 bits per heavy atom. The van der Waals surface area contributed by atoms with Crippen molar-refractivity contribution in [3.63, 3.8) is 0 Å². The number of hydrogen-bond donors (Lipinski definition) is 2. The van der Waals surface area contributed by atoms with Gasteiger partial charge >= 0.3 is 0 Å². The molecular formula is C15H24N4O. The van der Waals surface area contributed by atoms with E-state index in [1.54, 1.807) is 0 Å². The van der Waals surface area contributed by atoms with E-state index in [9.17, 15) is 4.79 Å². The first kappa shape index (κ1) is 14.8. The van der Waals surface area contributed by atoms with Gasteiger partial charge in [-0.05, 0) is 56.5 Å². The van der Waals surface area contributed by atoms with E-state index in [0.29, 0.717) is 12.3 Å². The summed E-state index contributed by atoms with van der Waals surface area (Å²) in [7, 11) is 0. The molecule has 0 bridgehead atoms. The third-order valence-corrected chi connectivity index (χ3v) is 3.79. The Morgan fingerprint density at radius 3 is 2.90 bits per heavy atom. The highest BCUT2D eigenvalue weighted by Crippen LogP contribution is 2.21. The van der Waals surface area contributed by atoms with E-state index in [2.05, 4.69) is 34.3 Å². The molecule has 0 aromatic carbocycles. The van der Waals surface area contributed by atoms with Gasteiger partial charge in [0, 0.05) is 25.7 Å². The molecule has 0 aliphatic carbocycles. The van der Waals surface area contributed by atoms with Crippen LogP contribution in [0.5, 0.6) is 0 Å². The highest BCUT2D eigenvalue weighted by atomic mass is 16.1. The summed E-state index contributed by atoms with van der Waals surface area (Å²) < 4.78 is 0. The fraction of sp³-hybridized carbons (Fsp3) is 0.600. The lowest BCUT2D eigenvalue weighted by Crippen LogP contribution is -2.34. The number of primary amides is 1. The van der Waals surface area contributed by atoms with Crippen LogP contribution in [0.15, 0.2) is 18.3 Å². The van der Waals surface area contributed by atoms with Crippen LogP contribution in [-0.2, 0) is 11.3 Å². The monoisotopic (exact) mass is 276 g/mol. The largest absolute Gasteiger partial charge is 0.370 e. The van der Waals surface area contributed by atoms with Crippen LogP contribution >= 0.6 is 0 Å². The molecule has 0 spiro atoms. The van der Waals surface area contributed by atoms with Crippen molar-refractivity contribution in [1.29, 1.82) is 0 Å². The molecule has 1 aromatic rings. The van der Waals surface area contributed by atoms with Gasteiger partial charge in [-0.1, -0.05) is 0 Å². The molecule has 0 atom stereocenters. The van der Waals surface area contributed by atoms with Gasteiger partial charge in [-0.3, -0.25) is 9.69 Å².